The zero-order valence-corrected chi connectivity index (χ0v) is 16.5. The van der Waals surface area contributed by atoms with Crippen molar-refractivity contribution in [1.82, 2.24) is 19.2 Å². The number of aromatic nitrogens is 3. The van der Waals surface area contributed by atoms with Gasteiger partial charge in [0.15, 0.2) is 10.6 Å². The molecule has 1 aromatic carbocycles. The average molecular weight is 392 g/mol. The van der Waals surface area contributed by atoms with E-state index >= 15 is 0 Å². The molecule has 8 nitrogen and oxygen atoms in total. The van der Waals surface area contributed by atoms with Crippen LogP contribution in [-0.4, -0.2) is 63.2 Å². The van der Waals surface area contributed by atoms with Crippen molar-refractivity contribution in [2.75, 3.05) is 20.8 Å². The summed E-state index contributed by atoms with van der Waals surface area (Å²) >= 11 is 5.59. The van der Waals surface area contributed by atoms with E-state index < -0.39 is 12.1 Å². The number of carbonyl (C=O) groups is 1. The number of aliphatic hydroxyl groups excluding tert-OH is 1. The van der Waals surface area contributed by atoms with Gasteiger partial charge in [-0.25, -0.2) is 4.68 Å². The molecule has 1 fully saturated rings. The van der Waals surface area contributed by atoms with Crippen LogP contribution in [0.15, 0.2) is 24.3 Å². The third-order valence-electron chi connectivity index (χ3n) is 4.76. The van der Waals surface area contributed by atoms with Crippen LogP contribution in [0.2, 0.25) is 0 Å². The van der Waals surface area contributed by atoms with Crippen LogP contribution in [0.1, 0.15) is 13.3 Å². The summed E-state index contributed by atoms with van der Waals surface area (Å²) in [6.45, 7) is 3.36. The smallest absolute Gasteiger partial charge is 0.323 e. The number of β-amino-alcohol motifs (C(OH)–C–C–N with tert-alkyl or cyclic N) is 1. The average Bonchev–Trinajstić information content (AvgIpc) is 3.21. The summed E-state index contributed by atoms with van der Waals surface area (Å²) in [5.74, 6) is 1.16. The minimum atomic E-state index is -0.572. The predicted molar refractivity (Wildman–Crippen MR) is 102 cm³/mol. The summed E-state index contributed by atoms with van der Waals surface area (Å²) in [6, 6.07) is 7.12. The monoisotopic (exact) mass is 392 g/mol. The standard InChI is InChI=1S/C18H24N4O4S/c1-4-21-16(12-5-7-14(25-2)8-6-12)19-22(18(21)27)11-20-10-13(23)9-15(20)17(24)26-3/h5-8,13,15,23H,4,9-11H2,1-3H3/t13-,15+/m1/s1. The van der Waals surface area contributed by atoms with Gasteiger partial charge in [-0.05, 0) is 43.4 Å². The highest BCUT2D eigenvalue weighted by Crippen LogP contribution is 2.24. The molecular formula is C18H24N4O4S. The normalized spacial score (nSPS) is 20.0. The van der Waals surface area contributed by atoms with Crippen LogP contribution in [0.4, 0.5) is 0 Å². The van der Waals surface area contributed by atoms with Gasteiger partial charge in [0, 0.05) is 25.1 Å². The number of esters is 1. The van der Waals surface area contributed by atoms with Crippen LogP contribution in [0, 0.1) is 4.77 Å². The lowest BCUT2D eigenvalue weighted by atomic mass is 10.2. The van der Waals surface area contributed by atoms with Gasteiger partial charge in [0.1, 0.15) is 11.8 Å². The molecule has 0 radical (unpaired) electrons. The zero-order valence-electron chi connectivity index (χ0n) is 15.7. The Balaban J connectivity index is 1.91. The van der Waals surface area contributed by atoms with Gasteiger partial charge in [-0.15, -0.1) is 0 Å². The summed E-state index contributed by atoms with van der Waals surface area (Å²) in [5.41, 5.74) is 0.925. The van der Waals surface area contributed by atoms with Crippen LogP contribution in [0.5, 0.6) is 5.75 Å². The maximum absolute atomic E-state index is 12.0. The van der Waals surface area contributed by atoms with Crippen LogP contribution < -0.4 is 4.74 Å². The Labute approximate surface area is 162 Å². The fourth-order valence-corrected chi connectivity index (χ4v) is 3.67. The van der Waals surface area contributed by atoms with E-state index in [1.807, 2.05) is 40.7 Å². The molecule has 1 aliphatic heterocycles. The molecule has 2 heterocycles. The Bertz CT molecular complexity index is 861. The number of ether oxygens (including phenoxy) is 2. The summed E-state index contributed by atoms with van der Waals surface area (Å²) in [7, 11) is 2.98. The van der Waals surface area contributed by atoms with Gasteiger partial charge in [-0.3, -0.25) is 9.69 Å². The molecule has 9 heteroatoms. The van der Waals surface area contributed by atoms with Crippen molar-refractivity contribution in [3.63, 3.8) is 0 Å². The van der Waals surface area contributed by atoms with E-state index in [9.17, 15) is 9.90 Å². The molecule has 2 aromatic rings. The van der Waals surface area contributed by atoms with Gasteiger partial charge < -0.3 is 19.1 Å². The number of likely N-dealkylation sites (tertiary alicyclic amines) is 1. The lowest BCUT2D eigenvalue weighted by molar-refractivity contribution is -0.146. The highest BCUT2D eigenvalue weighted by molar-refractivity contribution is 7.71. The molecule has 0 amide bonds. The third kappa shape index (κ3) is 3.90. The molecule has 27 heavy (non-hydrogen) atoms. The minimum absolute atomic E-state index is 0.311. The number of rotatable bonds is 6. The second-order valence-electron chi connectivity index (χ2n) is 6.42. The second kappa shape index (κ2) is 8.20. The number of carbonyl (C=O) groups excluding carboxylic acids is 1. The van der Waals surface area contributed by atoms with Crippen molar-refractivity contribution in [3.05, 3.63) is 29.0 Å². The molecule has 1 aliphatic rings. The first-order valence-corrected chi connectivity index (χ1v) is 9.21. The highest BCUT2D eigenvalue weighted by Gasteiger charge is 2.37. The SMILES string of the molecule is CCn1c(-c2ccc(OC)cc2)nn(CN2C[C@H](O)C[C@H]2C(=O)OC)c1=S. The van der Waals surface area contributed by atoms with Gasteiger partial charge in [-0.1, -0.05) is 0 Å². The molecule has 0 spiro atoms. The van der Waals surface area contributed by atoms with Gasteiger partial charge in [0.05, 0.1) is 27.0 Å². The fraction of sp³-hybridized carbons (Fsp3) is 0.500. The number of benzene rings is 1. The molecule has 0 aliphatic carbocycles. The first-order chi connectivity index (χ1) is 13.0. The summed E-state index contributed by atoms with van der Waals surface area (Å²) in [6.07, 6.45) is -0.225. The van der Waals surface area contributed by atoms with Crippen LogP contribution in [-0.2, 0) is 22.7 Å². The van der Waals surface area contributed by atoms with E-state index in [0.717, 1.165) is 17.1 Å². The first-order valence-electron chi connectivity index (χ1n) is 8.80. The Hall–Kier alpha value is -2.23. The fourth-order valence-electron chi connectivity index (χ4n) is 3.36. The second-order valence-corrected chi connectivity index (χ2v) is 6.78. The van der Waals surface area contributed by atoms with Crippen LogP contribution in [0.25, 0.3) is 11.4 Å². The topological polar surface area (TPSA) is 81.8 Å². The molecular weight excluding hydrogens is 368 g/mol. The van der Waals surface area contributed by atoms with Crippen molar-refractivity contribution in [1.29, 1.82) is 0 Å². The molecule has 0 saturated carbocycles. The van der Waals surface area contributed by atoms with Crippen molar-refractivity contribution < 1.29 is 19.4 Å². The molecule has 1 saturated heterocycles. The Kier molecular flexibility index (Phi) is 5.93. The summed E-state index contributed by atoms with van der Waals surface area (Å²) in [4.78, 5) is 13.9. The Morgan fingerprint density at radius 3 is 2.63 bits per heavy atom. The molecule has 0 unspecified atom stereocenters. The van der Waals surface area contributed by atoms with Gasteiger partial charge in [0.2, 0.25) is 0 Å². The lowest BCUT2D eigenvalue weighted by Gasteiger charge is -2.21. The van der Waals surface area contributed by atoms with Crippen LogP contribution in [0.3, 0.4) is 0 Å². The van der Waals surface area contributed by atoms with Gasteiger partial charge in [0.25, 0.3) is 0 Å². The zero-order chi connectivity index (χ0) is 19.6. The van der Waals surface area contributed by atoms with E-state index in [2.05, 4.69) is 5.10 Å². The molecule has 1 aromatic heterocycles. The Morgan fingerprint density at radius 2 is 2.04 bits per heavy atom. The highest BCUT2D eigenvalue weighted by atomic mass is 32.1. The van der Waals surface area contributed by atoms with Crippen molar-refractivity contribution in [3.8, 4) is 17.1 Å². The Morgan fingerprint density at radius 1 is 1.33 bits per heavy atom. The minimum Gasteiger partial charge on any atom is -0.497 e. The summed E-state index contributed by atoms with van der Waals surface area (Å²) in [5, 5.41) is 14.6. The quantitative estimate of drug-likeness (QED) is 0.592. The third-order valence-corrected chi connectivity index (χ3v) is 5.19. The van der Waals surface area contributed by atoms with Crippen molar-refractivity contribution in [2.24, 2.45) is 0 Å². The lowest BCUT2D eigenvalue weighted by Crippen LogP contribution is -2.38. The van der Waals surface area contributed by atoms with Crippen molar-refractivity contribution >= 4 is 18.2 Å². The van der Waals surface area contributed by atoms with Gasteiger partial charge in [-0.2, -0.15) is 5.10 Å². The largest absolute Gasteiger partial charge is 0.497 e. The number of aliphatic hydroxyl groups is 1. The number of methoxy groups -OCH3 is 2. The van der Waals surface area contributed by atoms with E-state index in [1.54, 1.807) is 11.8 Å². The molecule has 3 rings (SSSR count). The molecule has 2 atom stereocenters. The first kappa shape index (κ1) is 19.5. The maximum atomic E-state index is 12.0. The van der Waals surface area contributed by atoms with E-state index in [1.165, 1.54) is 7.11 Å². The van der Waals surface area contributed by atoms with E-state index in [-0.39, 0.29) is 5.97 Å². The number of hydrogen-bond acceptors (Lipinski definition) is 7. The molecule has 0 bridgehead atoms. The maximum Gasteiger partial charge on any atom is 0.323 e. The molecule has 146 valence electrons. The van der Waals surface area contributed by atoms with Gasteiger partial charge >= 0.3 is 5.97 Å². The van der Waals surface area contributed by atoms with Crippen molar-refractivity contribution in [2.45, 2.75) is 38.7 Å². The number of nitrogens with zero attached hydrogens (tertiary/aromatic N) is 4. The number of hydrogen-bond donors (Lipinski definition) is 1. The van der Waals surface area contributed by atoms with E-state index in [4.69, 9.17) is 21.7 Å². The predicted octanol–water partition coefficient (Wildman–Crippen LogP) is 1.68. The van der Waals surface area contributed by atoms with Crippen LogP contribution >= 0.6 is 12.2 Å². The summed E-state index contributed by atoms with van der Waals surface area (Å²) < 4.78 is 14.3. The van der Waals surface area contributed by atoms with E-state index in [0.29, 0.717) is 31.0 Å². The molecule has 1 N–H and O–H groups in total.